The maximum Gasteiger partial charge on any atom is 0.373 e. The van der Waals surface area contributed by atoms with Crippen LogP contribution in [0.5, 0.6) is 0 Å². The lowest BCUT2D eigenvalue weighted by Crippen LogP contribution is -1.98. The second-order valence-electron chi connectivity index (χ2n) is 4.37. The third-order valence-corrected chi connectivity index (χ3v) is 4.41. The summed E-state index contributed by atoms with van der Waals surface area (Å²) < 4.78 is 5.39. The molecule has 2 aromatic heterocycles. The highest BCUT2D eigenvalue weighted by Gasteiger charge is 2.22. The number of carboxylic acid groups (broad SMARTS) is 1. The number of fused-ring (bicyclic) bond motifs is 1. The fourth-order valence-corrected chi connectivity index (χ4v) is 3.48. The predicted octanol–water partition coefficient (Wildman–Crippen LogP) is 3.15. The van der Waals surface area contributed by atoms with E-state index in [0.717, 1.165) is 17.7 Å². The third-order valence-electron chi connectivity index (χ3n) is 3.18. The predicted molar refractivity (Wildman–Crippen MR) is 68.2 cm³/mol. The van der Waals surface area contributed by atoms with E-state index >= 15 is 0 Å². The molecule has 0 bridgehead atoms. The molecule has 0 spiro atoms. The Bertz CT molecular complexity index is 590. The third kappa shape index (κ3) is 1.75. The summed E-state index contributed by atoms with van der Waals surface area (Å²) in [5, 5.41) is 9.04. The van der Waals surface area contributed by atoms with Gasteiger partial charge in [-0.25, -0.2) is 9.78 Å². The molecule has 0 radical (unpaired) electrons. The Morgan fingerprint density at radius 1 is 1.56 bits per heavy atom. The van der Waals surface area contributed by atoms with Crippen LogP contribution in [0.2, 0.25) is 0 Å². The summed E-state index contributed by atoms with van der Waals surface area (Å²) in [5.74, 6) is -0.626. The number of carboxylic acids is 1. The molecule has 1 aliphatic rings. The number of aromatic nitrogens is 1. The van der Waals surface area contributed by atoms with Crippen molar-refractivity contribution in [3.05, 3.63) is 28.0 Å². The molecular formula is C13H13NO3S. The summed E-state index contributed by atoms with van der Waals surface area (Å²) in [7, 11) is 0. The fraction of sp³-hybridized carbons (Fsp3) is 0.385. The molecule has 2 aromatic rings. The zero-order chi connectivity index (χ0) is 12.7. The zero-order valence-electron chi connectivity index (χ0n) is 10.0. The number of thiophene rings is 1. The first kappa shape index (κ1) is 11.5. The van der Waals surface area contributed by atoms with E-state index in [1.165, 1.54) is 16.9 Å². The smallest absolute Gasteiger partial charge is 0.373 e. The van der Waals surface area contributed by atoms with E-state index in [1.54, 1.807) is 11.3 Å². The molecule has 0 aliphatic heterocycles. The van der Waals surface area contributed by atoms with Crippen LogP contribution in [-0.4, -0.2) is 16.1 Å². The average molecular weight is 263 g/mol. The van der Waals surface area contributed by atoms with Gasteiger partial charge in [0, 0.05) is 4.88 Å². The quantitative estimate of drug-likeness (QED) is 0.924. The molecule has 0 aromatic carbocycles. The Morgan fingerprint density at radius 2 is 2.39 bits per heavy atom. The van der Waals surface area contributed by atoms with Crippen molar-refractivity contribution in [3.8, 4) is 10.8 Å². The molecule has 0 saturated heterocycles. The fourth-order valence-electron chi connectivity index (χ4n) is 2.30. The van der Waals surface area contributed by atoms with Crippen molar-refractivity contribution in [2.75, 3.05) is 0 Å². The molecule has 3 rings (SSSR count). The van der Waals surface area contributed by atoms with Gasteiger partial charge < -0.3 is 9.52 Å². The molecule has 5 heteroatoms. The first-order valence-corrected chi connectivity index (χ1v) is 6.85. The summed E-state index contributed by atoms with van der Waals surface area (Å²) in [4.78, 5) is 17.7. The second-order valence-corrected chi connectivity index (χ2v) is 5.50. The zero-order valence-corrected chi connectivity index (χ0v) is 10.8. The summed E-state index contributed by atoms with van der Waals surface area (Å²) >= 11 is 1.67. The van der Waals surface area contributed by atoms with Crippen molar-refractivity contribution in [3.63, 3.8) is 0 Å². The van der Waals surface area contributed by atoms with Gasteiger partial charge >= 0.3 is 5.97 Å². The van der Waals surface area contributed by atoms with Crippen LogP contribution in [0.4, 0.5) is 0 Å². The average Bonchev–Trinajstić information content (AvgIpc) is 3.01. The normalized spacial score (nSPS) is 13.8. The Balaban J connectivity index is 2.03. The molecule has 1 N–H and O–H groups in total. The number of oxazole rings is 1. The van der Waals surface area contributed by atoms with Crippen LogP contribution in [0, 0.1) is 0 Å². The van der Waals surface area contributed by atoms with Gasteiger partial charge in [0.1, 0.15) is 0 Å². The number of carbonyl (C=O) groups is 1. The Hall–Kier alpha value is -1.62. The van der Waals surface area contributed by atoms with E-state index in [2.05, 4.69) is 11.1 Å². The van der Waals surface area contributed by atoms with Crippen LogP contribution < -0.4 is 0 Å². The number of hydrogen-bond donors (Lipinski definition) is 1. The van der Waals surface area contributed by atoms with Crippen molar-refractivity contribution < 1.29 is 14.3 Å². The Kier molecular flexibility index (Phi) is 2.70. The van der Waals surface area contributed by atoms with Crippen LogP contribution in [0.1, 0.15) is 40.0 Å². The monoisotopic (exact) mass is 263 g/mol. The van der Waals surface area contributed by atoms with E-state index < -0.39 is 5.97 Å². The molecular weight excluding hydrogens is 250 g/mol. The van der Waals surface area contributed by atoms with Crippen LogP contribution in [-0.2, 0) is 19.3 Å². The molecule has 0 saturated carbocycles. The molecule has 2 heterocycles. The number of rotatable bonds is 3. The van der Waals surface area contributed by atoms with Gasteiger partial charge in [0.15, 0.2) is 0 Å². The van der Waals surface area contributed by atoms with Crippen molar-refractivity contribution in [2.45, 2.75) is 32.6 Å². The topological polar surface area (TPSA) is 63.3 Å². The van der Waals surface area contributed by atoms with Gasteiger partial charge in [-0.05, 0) is 37.3 Å². The molecule has 0 atom stereocenters. The molecule has 1 aliphatic carbocycles. The van der Waals surface area contributed by atoms with Crippen molar-refractivity contribution >= 4 is 17.3 Å². The summed E-state index contributed by atoms with van der Waals surface area (Å²) in [5.41, 5.74) is 1.88. The van der Waals surface area contributed by atoms with Crippen LogP contribution in [0.25, 0.3) is 10.8 Å². The molecule has 0 fully saturated rings. The van der Waals surface area contributed by atoms with Gasteiger partial charge in [-0.2, -0.15) is 0 Å². The molecule has 4 nitrogen and oxygen atoms in total. The molecule has 0 amide bonds. The summed E-state index contributed by atoms with van der Waals surface area (Å²) in [6, 6.07) is 2.09. The minimum absolute atomic E-state index is 0.0268. The van der Waals surface area contributed by atoms with E-state index in [9.17, 15) is 4.79 Å². The lowest BCUT2D eigenvalue weighted by Gasteiger charge is -1.89. The highest BCUT2D eigenvalue weighted by atomic mass is 32.1. The standard InChI is InChI=1S/C13H13NO3S/c1-2-8-11(13(15)16)17-12(14-8)10-6-7-4-3-5-9(7)18-10/h6H,2-5H2,1H3,(H,15,16). The van der Waals surface area contributed by atoms with Gasteiger partial charge in [0.05, 0.1) is 10.6 Å². The number of nitrogens with zero attached hydrogens (tertiary/aromatic N) is 1. The molecule has 0 unspecified atom stereocenters. The SMILES string of the molecule is CCc1nc(-c2cc3c(s2)CCC3)oc1C(=O)O. The van der Waals surface area contributed by atoms with Crippen LogP contribution in [0.15, 0.2) is 10.5 Å². The van der Waals surface area contributed by atoms with E-state index in [4.69, 9.17) is 9.52 Å². The summed E-state index contributed by atoms with van der Waals surface area (Å²) in [6.45, 7) is 1.88. The van der Waals surface area contributed by atoms with Gasteiger partial charge in [-0.3, -0.25) is 0 Å². The molecule has 18 heavy (non-hydrogen) atoms. The maximum atomic E-state index is 11.0. The number of hydrogen-bond acceptors (Lipinski definition) is 4. The van der Waals surface area contributed by atoms with Gasteiger partial charge in [0.25, 0.3) is 0 Å². The maximum absolute atomic E-state index is 11.0. The van der Waals surface area contributed by atoms with Crippen LogP contribution in [0.3, 0.4) is 0 Å². The van der Waals surface area contributed by atoms with Crippen molar-refractivity contribution in [2.24, 2.45) is 0 Å². The van der Waals surface area contributed by atoms with E-state index in [1.807, 2.05) is 6.92 Å². The number of aryl methyl sites for hydroxylation is 3. The van der Waals surface area contributed by atoms with Crippen molar-refractivity contribution in [1.82, 2.24) is 4.98 Å². The lowest BCUT2D eigenvalue weighted by molar-refractivity contribution is 0.0662. The largest absolute Gasteiger partial charge is 0.475 e. The minimum atomic E-state index is -1.05. The summed E-state index contributed by atoms with van der Waals surface area (Å²) in [6.07, 6.45) is 4.01. The van der Waals surface area contributed by atoms with E-state index in [0.29, 0.717) is 18.0 Å². The second kappa shape index (κ2) is 4.24. The minimum Gasteiger partial charge on any atom is -0.475 e. The van der Waals surface area contributed by atoms with Gasteiger partial charge in [-0.15, -0.1) is 11.3 Å². The van der Waals surface area contributed by atoms with Gasteiger partial charge in [-0.1, -0.05) is 6.92 Å². The highest BCUT2D eigenvalue weighted by molar-refractivity contribution is 7.15. The Labute approximate surface area is 108 Å². The van der Waals surface area contributed by atoms with E-state index in [-0.39, 0.29) is 5.76 Å². The van der Waals surface area contributed by atoms with Crippen LogP contribution >= 0.6 is 11.3 Å². The molecule has 94 valence electrons. The Morgan fingerprint density at radius 3 is 3.00 bits per heavy atom. The first-order chi connectivity index (χ1) is 8.69. The van der Waals surface area contributed by atoms with Crippen molar-refractivity contribution in [1.29, 1.82) is 0 Å². The number of aromatic carboxylic acids is 1. The first-order valence-electron chi connectivity index (χ1n) is 6.04. The highest BCUT2D eigenvalue weighted by Crippen LogP contribution is 2.36. The van der Waals surface area contributed by atoms with Gasteiger partial charge in [0.2, 0.25) is 11.7 Å². The lowest BCUT2D eigenvalue weighted by atomic mass is 10.2.